The van der Waals surface area contributed by atoms with Gasteiger partial charge in [-0.15, -0.1) is 0 Å². The van der Waals surface area contributed by atoms with Crippen LogP contribution in [-0.4, -0.2) is 39.3 Å². The number of fused-ring (bicyclic) bond motifs is 1. The Bertz CT molecular complexity index is 649. The van der Waals surface area contributed by atoms with Gasteiger partial charge in [0.25, 0.3) is 0 Å². The van der Waals surface area contributed by atoms with Crippen molar-refractivity contribution in [2.24, 2.45) is 0 Å². The van der Waals surface area contributed by atoms with Crippen molar-refractivity contribution < 1.29 is 29.6 Å². The van der Waals surface area contributed by atoms with Crippen LogP contribution in [0.15, 0.2) is 24.3 Å². The lowest BCUT2D eigenvalue weighted by molar-refractivity contribution is -0.120. The number of cyclic esters (lactones) is 1. The molecule has 130 valence electrons. The third-order valence-electron chi connectivity index (χ3n) is 3.85. The zero-order valence-corrected chi connectivity index (χ0v) is 13.6. The molecule has 6 nitrogen and oxygen atoms in total. The average molecular weight is 334 g/mol. The van der Waals surface area contributed by atoms with Crippen LogP contribution in [0.25, 0.3) is 0 Å². The monoisotopic (exact) mass is 334 g/mol. The minimum Gasteiger partial charge on any atom is -0.508 e. The van der Waals surface area contributed by atoms with Gasteiger partial charge in [-0.05, 0) is 31.4 Å². The van der Waals surface area contributed by atoms with Gasteiger partial charge in [0.2, 0.25) is 0 Å². The molecule has 1 aliphatic rings. The van der Waals surface area contributed by atoms with Crippen LogP contribution in [0.5, 0.6) is 11.5 Å². The molecule has 0 amide bonds. The molecule has 6 heteroatoms. The molecule has 1 aliphatic heterocycles. The van der Waals surface area contributed by atoms with E-state index in [2.05, 4.69) is 0 Å². The van der Waals surface area contributed by atoms with Gasteiger partial charge in [0.15, 0.2) is 0 Å². The highest BCUT2D eigenvalue weighted by Gasteiger charge is 2.23. The number of aliphatic hydroxyl groups is 1. The van der Waals surface area contributed by atoms with Crippen molar-refractivity contribution >= 4 is 11.8 Å². The molecule has 3 N–H and O–H groups in total. The first kappa shape index (κ1) is 18.0. The van der Waals surface area contributed by atoms with Gasteiger partial charge in [-0.2, -0.15) is 0 Å². The summed E-state index contributed by atoms with van der Waals surface area (Å²) in [5.74, 6) is -1.70. The molecule has 2 atom stereocenters. The lowest BCUT2D eigenvalue weighted by Gasteiger charge is -2.16. The van der Waals surface area contributed by atoms with Crippen LogP contribution in [0.1, 0.15) is 48.5 Å². The molecule has 0 aliphatic carbocycles. The molecule has 0 spiro atoms. The van der Waals surface area contributed by atoms with Gasteiger partial charge in [0.1, 0.15) is 28.9 Å². The summed E-state index contributed by atoms with van der Waals surface area (Å²) in [5.41, 5.74) is 0.0676. The van der Waals surface area contributed by atoms with Crippen LogP contribution in [0.3, 0.4) is 0 Å². The van der Waals surface area contributed by atoms with Crippen LogP contribution in [0.4, 0.5) is 0 Å². The number of ether oxygens (including phenoxy) is 1. The van der Waals surface area contributed by atoms with Crippen LogP contribution >= 0.6 is 0 Å². The van der Waals surface area contributed by atoms with Crippen molar-refractivity contribution in [1.82, 2.24) is 0 Å². The maximum absolute atomic E-state index is 12.3. The molecule has 24 heavy (non-hydrogen) atoms. The number of benzene rings is 1. The summed E-state index contributed by atoms with van der Waals surface area (Å²) in [6.45, 7) is 1.73. The molecular weight excluding hydrogens is 312 g/mol. The Morgan fingerprint density at radius 3 is 2.67 bits per heavy atom. The second-order valence-corrected chi connectivity index (χ2v) is 6.07. The van der Waals surface area contributed by atoms with Crippen molar-refractivity contribution in [3.8, 4) is 11.5 Å². The van der Waals surface area contributed by atoms with E-state index >= 15 is 0 Å². The number of esters is 1. The maximum Gasteiger partial charge on any atom is 0.342 e. The fourth-order valence-corrected chi connectivity index (χ4v) is 2.68. The molecule has 2 rings (SSSR count). The van der Waals surface area contributed by atoms with E-state index in [1.807, 2.05) is 12.2 Å². The lowest BCUT2D eigenvalue weighted by atomic mass is 9.97. The number of Topliss-reactive ketones (excluding diaryl/α,β-unsaturated/α-hetero) is 1. The number of phenolic OH excluding ortho intramolecular Hbond substituents is 2. The summed E-state index contributed by atoms with van der Waals surface area (Å²) in [7, 11) is 0. The van der Waals surface area contributed by atoms with Crippen molar-refractivity contribution in [3.63, 3.8) is 0 Å². The Kier molecular flexibility index (Phi) is 5.98. The summed E-state index contributed by atoms with van der Waals surface area (Å²) in [6, 6.07) is 2.30. The van der Waals surface area contributed by atoms with E-state index in [9.17, 15) is 24.9 Å². The van der Waals surface area contributed by atoms with Crippen molar-refractivity contribution in [3.05, 3.63) is 35.4 Å². The Hall–Kier alpha value is -2.34. The molecule has 0 saturated heterocycles. The Morgan fingerprint density at radius 2 is 1.92 bits per heavy atom. The SMILES string of the molecule is CC1CC=CCCC(O)CC(=O)Cc2cc(O)cc(O)c2C(=O)O1. The topological polar surface area (TPSA) is 104 Å². The third kappa shape index (κ3) is 4.83. The van der Waals surface area contributed by atoms with Gasteiger partial charge in [-0.1, -0.05) is 12.2 Å². The zero-order chi connectivity index (χ0) is 17.7. The van der Waals surface area contributed by atoms with E-state index in [0.717, 1.165) is 6.07 Å². The van der Waals surface area contributed by atoms with Crippen LogP contribution in [0.2, 0.25) is 0 Å². The fourth-order valence-electron chi connectivity index (χ4n) is 2.68. The van der Waals surface area contributed by atoms with E-state index in [-0.39, 0.29) is 35.5 Å². The predicted molar refractivity (Wildman–Crippen MR) is 87.0 cm³/mol. The van der Waals surface area contributed by atoms with E-state index in [1.54, 1.807) is 6.92 Å². The van der Waals surface area contributed by atoms with Crippen LogP contribution in [-0.2, 0) is 16.0 Å². The van der Waals surface area contributed by atoms with Crippen LogP contribution < -0.4 is 0 Å². The fraction of sp³-hybridized carbons (Fsp3) is 0.444. The molecule has 2 unspecified atom stereocenters. The molecule has 0 radical (unpaired) electrons. The van der Waals surface area contributed by atoms with Gasteiger partial charge >= 0.3 is 5.97 Å². The van der Waals surface area contributed by atoms with Crippen molar-refractivity contribution in [1.29, 1.82) is 0 Å². The number of phenols is 2. The minimum absolute atomic E-state index is 0.0465. The third-order valence-corrected chi connectivity index (χ3v) is 3.85. The van der Waals surface area contributed by atoms with E-state index in [0.29, 0.717) is 19.3 Å². The smallest absolute Gasteiger partial charge is 0.342 e. The Balaban J connectivity index is 2.37. The highest BCUT2D eigenvalue weighted by Crippen LogP contribution is 2.29. The minimum atomic E-state index is -0.760. The number of ketones is 1. The van der Waals surface area contributed by atoms with Crippen LogP contribution in [0, 0.1) is 0 Å². The van der Waals surface area contributed by atoms with Gasteiger partial charge in [-0.3, -0.25) is 4.79 Å². The van der Waals surface area contributed by atoms with E-state index in [1.165, 1.54) is 6.07 Å². The second kappa shape index (κ2) is 7.97. The summed E-state index contributed by atoms with van der Waals surface area (Å²) in [5, 5.41) is 29.5. The molecule has 0 fully saturated rings. The van der Waals surface area contributed by atoms with Gasteiger partial charge in [0, 0.05) is 25.3 Å². The summed E-state index contributed by atoms with van der Waals surface area (Å²) in [4.78, 5) is 24.5. The van der Waals surface area contributed by atoms with Gasteiger partial charge in [-0.25, -0.2) is 4.79 Å². The molecule has 1 aromatic carbocycles. The first-order valence-corrected chi connectivity index (χ1v) is 7.97. The first-order chi connectivity index (χ1) is 11.4. The molecule has 1 aromatic rings. The Morgan fingerprint density at radius 1 is 1.17 bits per heavy atom. The Labute approximate surface area is 140 Å². The largest absolute Gasteiger partial charge is 0.508 e. The number of rotatable bonds is 0. The normalized spacial score (nSPS) is 23.2. The summed E-state index contributed by atoms with van der Waals surface area (Å²) >= 11 is 0. The quantitative estimate of drug-likeness (QED) is 0.496. The highest BCUT2D eigenvalue weighted by atomic mass is 16.5. The van der Waals surface area contributed by atoms with Gasteiger partial charge < -0.3 is 20.1 Å². The number of carbonyl (C=O) groups excluding carboxylic acids is 2. The number of carbonyl (C=O) groups is 2. The predicted octanol–water partition coefficient (Wildman–Crippen LogP) is 2.25. The second-order valence-electron chi connectivity index (χ2n) is 6.07. The molecule has 1 heterocycles. The standard InChI is InChI=1S/C18H22O6/c1-11-5-3-2-4-6-13(19)9-14(20)7-12-8-15(21)10-16(22)17(12)18(23)24-11/h2-3,8,10-11,13,19,21-22H,4-7,9H2,1H3. The molecule has 0 bridgehead atoms. The van der Waals surface area contributed by atoms with Crippen molar-refractivity contribution in [2.75, 3.05) is 0 Å². The molecule has 0 saturated carbocycles. The van der Waals surface area contributed by atoms with Crippen molar-refractivity contribution in [2.45, 2.75) is 51.2 Å². The van der Waals surface area contributed by atoms with E-state index in [4.69, 9.17) is 4.74 Å². The number of hydrogen-bond donors (Lipinski definition) is 3. The molecular formula is C18H22O6. The van der Waals surface area contributed by atoms with E-state index < -0.39 is 23.9 Å². The maximum atomic E-state index is 12.3. The number of hydrogen-bond acceptors (Lipinski definition) is 6. The number of aliphatic hydroxyl groups excluding tert-OH is 1. The highest BCUT2D eigenvalue weighted by molar-refractivity contribution is 5.96. The summed E-state index contributed by atoms with van der Waals surface area (Å²) in [6.07, 6.45) is 3.96. The lowest BCUT2D eigenvalue weighted by Crippen LogP contribution is -2.19. The number of allylic oxidation sites excluding steroid dienone is 1. The zero-order valence-electron chi connectivity index (χ0n) is 13.6. The number of aromatic hydroxyl groups is 2. The summed E-state index contributed by atoms with van der Waals surface area (Å²) < 4.78 is 5.31. The van der Waals surface area contributed by atoms with Gasteiger partial charge in [0.05, 0.1) is 6.10 Å². The molecule has 0 aromatic heterocycles. The average Bonchev–Trinajstić information content (AvgIpc) is 2.44. The first-order valence-electron chi connectivity index (χ1n) is 7.97.